The summed E-state index contributed by atoms with van der Waals surface area (Å²) >= 11 is 0. The van der Waals surface area contributed by atoms with Crippen molar-refractivity contribution in [2.45, 2.75) is 13.5 Å². The molecule has 0 aliphatic rings. The molecular weight excluding hydrogens is 230 g/mol. The van der Waals surface area contributed by atoms with Crippen molar-refractivity contribution < 1.29 is 18.7 Å². The third-order valence-electron chi connectivity index (χ3n) is 2.07. The van der Waals surface area contributed by atoms with Gasteiger partial charge in [0.15, 0.2) is 17.4 Å². The Morgan fingerprint density at radius 3 is 2.47 bits per heavy atom. The molecule has 0 spiro atoms. The van der Waals surface area contributed by atoms with Crippen molar-refractivity contribution in [1.82, 2.24) is 10.6 Å². The van der Waals surface area contributed by atoms with E-state index < -0.39 is 17.4 Å². The van der Waals surface area contributed by atoms with Gasteiger partial charge in [0.2, 0.25) is 5.91 Å². The molecule has 0 aliphatic heterocycles. The highest BCUT2D eigenvalue weighted by atomic mass is 19.1. The highest BCUT2D eigenvalue weighted by Crippen LogP contribution is 2.21. The van der Waals surface area contributed by atoms with Crippen molar-refractivity contribution in [2.75, 3.05) is 13.1 Å². The zero-order valence-electron chi connectivity index (χ0n) is 9.39. The van der Waals surface area contributed by atoms with Gasteiger partial charge in [0.05, 0.1) is 6.54 Å². The summed E-state index contributed by atoms with van der Waals surface area (Å²) in [5, 5.41) is 14.2. The zero-order valence-corrected chi connectivity index (χ0v) is 9.39. The molecule has 6 heteroatoms. The lowest BCUT2D eigenvalue weighted by Crippen LogP contribution is -2.33. The van der Waals surface area contributed by atoms with E-state index in [-0.39, 0.29) is 19.0 Å². The van der Waals surface area contributed by atoms with E-state index >= 15 is 0 Å². The standard InChI is InChI=1S/C11H14F2N2O2/c1-2-15-10(16)6-14-5-7-3-8(12)11(17)9(13)4-7/h3-4,14,17H,2,5-6H2,1H3,(H,15,16). The molecule has 0 aromatic heterocycles. The summed E-state index contributed by atoms with van der Waals surface area (Å²) in [7, 11) is 0. The fourth-order valence-electron chi connectivity index (χ4n) is 1.30. The zero-order chi connectivity index (χ0) is 12.8. The van der Waals surface area contributed by atoms with Gasteiger partial charge in [0, 0.05) is 13.1 Å². The summed E-state index contributed by atoms with van der Waals surface area (Å²) in [4.78, 5) is 11.1. The monoisotopic (exact) mass is 244 g/mol. The van der Waals surface area contributed by atoms with Crippen molar-refractivity contribution in [3.63, 3.8) is 0 Å². The molecule has 0 saturated carbocycles. The van der Waals surface area contributed by atoms with Crippen LogP contribution in [0.1, 0.15) is 12.5 Å². The molecule has 1 aromatic carbocycles. The van der Waals surface area contributed by atoms with Gasteiger partial charge >= 0.3 is 0 Å². The van der Waals surface area contributed by atoms with Gasteiger partial charge in [-0.3, -0.25) is 4.79 Å². The second kappa shape index (κ2) is 6.15. The number of amides is 1. The molecule has 0 saturated heterocycles. The van der Waals surface area contributed by atoms with Gasteiger partial charge in [-0.15, -0.1) is 0 Å². The molecule has 94 valence electrons. The topological polar surface area (TPSA) is 61.4 Å². The van der Waals surface area contributed by atoms with E-state index in [1.165, 1.54) is 0 Å². The minimum Gasteiger partial charge on any atom is -0.503 e. The predicted octanol–water partition coefficient (Wildman–Crippen LogP) is 0.896. The molecule has 1 aromatic rings. The van der Waals surface area contributed by atoms with E-state index in [2.05, 4.69) is 10.6 Å². The van der Waals surface area contributed by atoms with Crippen LogP contribution < -0.4 is 10.6 Å². The Balaban J connectivity index is 2.50. The molecule has 3 N–H and O–H groups in total. The van der Waals surface area contributed by atoms with Gasteiger partial charge in [-0.05, 0) is 24.6 Å². The minimum atomic E-state index is -1.01. The van der Waals surface area contributed by atoms with Crippen LogP contribution in [0, 0.1) is 11.6 Å². The molecule has 0 radical (unpaired) electrons. The number of likely N-dealkylation sites (N-methyl/N-ethyl adjacent to an activating group) is 1. The van der Waals surface area contributed by atoms with Gasteiger partial charge in [-0.2, -0.15) is 0 Å². The third-order valence-corrected chi connectivity index (χ3v) is 2.07. The second-order valence-corrected chi connectivity index (χ2v) is 3.47. The van der Waals surface area contributed by atoms with E-state index in [1.54, 1.807) is 6.92 Å². The van der Waals surface area contributed by atoms with Crippen molar-refractivity contribution in [3.8, 4) is 5.75 Å². The molecule has 0 unspecified atom stereocenters. The number of benzene rings is 1. The Hall–Kier alpha value is -1.69. The maximum absolute atomic E-state index is 12.9. The highest BCUT2D eigenvalue weighted by molar-refractivity contribution is 5.77. The maximum Gasteiger partial charge on any atom is 0.233 e. The molecule has 0 aliphatic carbocycles. The van der Waals surface area contributed by atoms with E-state index in [0.717, 1.165) is 12.1 Å². The highest BCUT2D eigenvalue weighted by Gasteiger charge is 2.09. The van der Waals surface area contributed by atoms with E-state index in [9.17, 15) is 13.6 Å². The third kappa shape index (κ3) is 3.99. The fourth-order valence-corrected chi connectivity index (χ4v) is 1.30. The number of halogens is 2. The van der Waals surface area contributed by atoms with Crippen molar-refractivity contribution in [1.29, 1.82) is 0 Å². The first kappa shape index (κ1) is 13.4. The van der Waals surface area contributed by atoms with Crippen LogP contribution >= 0.6 is 0 Å². The van der Waals surface area contributed by atoms with Crippen LogP contribution in [0.2, 0.25) is 0 Å². The van der Waals surface area contributed by atoms with Crippen LogP contribution in [0.15, 0.2) is 12.1 Å². The van der Waals surface area contributed by atoms with E-state index in [1.807, 2.05) is 0 Å². The number of hydrogen-bond donors (Lipinski definition) is 3. The number of hydrogen-bond acceptors (Lipinski definition) is 3. The normalized spacial score (nSPS) is 10.3. The number of aromatic hydroxyl groups is 1. The number of carbonyl (C=O) groups is 1. The quantitative estimate of drug-likeness (QED) is 0.721. The molecule has 1 rings (SSSR count). The summed E-state index contributed by atoms with van der Waals surface area (Å²) in [5.74, 6) is -3.20. The predicted molar refractivity (Wildman–Crippen MR) is 58.4 cm³/mol. The first-order chi connectivity index (χ1) is 8.04. The summed E-state index contributed by atoms with van der Waals surface area (Å²) < 4.78 is 25.9. The van der Waals surface area contributed by atoms with E-state index in [4.69, 9.17) is 5.11 Å². The number of phenols is 1. The Labute approximate surface area is 97.6 Å². The van der Waals surface area contributed by atoms with Crippen molar-refractivity contribution in [3.05, 3.63) is 29.3 Å². The van der Waals surface area contributed by atoms with E-state index in [0.29, 0.717) is 12.1 Å². The molecule has 0 heterocycles. The van der Waals surface area contributed by atoms with Gasteiger partial charge in [0.1, 0.15) is 0 Å². The Morgan fingerprint density at radius 2 is 1.94 bits per heavy atom. The molecule has 0 atom stereocenters. The summed E-state index contributed by atoms with van der Waals surface area (Å²) in [6.45, 7) is 2.54. The first-order valence-electron chi connectivity index (χ1n) is 5.19. The first-order valence-corrected chi connectivity index (χ1v) is 5.19. The lowest BCUT2D eigenvalue weighted by molar-refractivity contribution is -0.120. The largest absolute Gasteiger partial charge is 0.503 e. The van der Waals surface area contributed by atoms with Crippen LogP contribution in [-0.4, -0.2) is 24.1 Å². The maximum atomic E-state index is 12.9. The minimum absolute atomic E-state index is 0.0674. The van der Waals surface area contributed by atoms with Crippen LogP contribution in [0.5, 0.6) is 5.75 Å². The molecule has 0 bridgehead atoms. The Morgan fingerprint density at radius 1 is 1.35 bits per heavy atom. The van der Waals surface area contributed by atoms with Gasteiger partial charge < -0.3 is 15.7 Å². The average Bonchev–Trinajstić information content (AvgIpc) is 2.26. The fraction of sp³-hybridized carbons (Fsp3) is 0.364. The molecule has 17 heavy (non-hydrogen) atoms. The van der Waals surface area contributed by atoms with Crippen LogP contribution in [0.25, 0.3) is 0 Å². The van der Waals surface area contributed by atoms with Crippen molar-refractivity contribution in [2.24, 2.45) is 0 Å². The van der Waals surface area contributed by atoms with Gasteiger partial charge in [-0.25, -0.2) is 8.78 Å². The molecular formula is C11H14F2N2O2. The lowest BCUT2D eigenvalue weighted by Gasteiger charge is -2.06. The lowest BCUT2D eigenvalue weighted by atomic mass is 10.2. The molecule has 0 fully saturated rings. The summed E-state index contributed by atoms with van der Waals surface area (Å²) in [5.41, 5.74) is 0.321. The SMILES string of the molecule is CCNC(=O)CNCc1cc(F)c(O)c(F)c1. The molecule has 4 nitrogen and oxygen atoms in total. The van der Waals surface area contributed by atoms with Crippen molar-refractivity contribution >= 4 is 5.91 Å². The second-order valence-electron chi connectivity index (χ2n) is 3.47. The summed E-state index contributed by atoms with van der Waals surface area (Å²) in [6, 6.07) is 2.03. The van der Waals surface area contributed by atoms with Crippen LogP contribution in [0.4, 0.5) is 8.78 Å². The number of carbonyl (C=O) groups excluding carboxylic acids is 1. The average molecular weight is 244 g/mol. The van der Waals surface area contributed by atoms with Crippen LogP contribution in [0.3, 0.4) is 0 Å². The number of nitrogens with one attached hydrogen (secondary N) is 2. The smallest absolute Gasteiger partial charge is 0.233 e. The Kier molecular flexibility index (Phi) is 4.84. The number of rotatable bonds is 5. The molecule has 1 amide bonds. The summed E-state index contributed by atoms with van der Waals surface area (Å²) in [6.07, 6.45) is 0. The number of phenolic OH excluding ortho intramolecular Hbond substituents is 1. The van der Waals surface area contributed by atoms with Gasteiger partial charge in [0.25, 0.3) is 0 Å². The Bertz CT molecular complexity index is 387. The van der Waals surface area contributed by atoms with Gasteiger partial charge in [-0.1, -0.05) is 0 Å². The van der Waals surface area contributed by atoms with Crippen LogP contribution in [-0.2, 0) is 11.3 Å².